The molecule has 2 aromatic heterocycles. The van der Waals surface area contributed by atoms with Crippen LogP contribution in [0.25, 0.3) is 22.2 Å². The molecule has 0 radical (unpaired) electrons. The number of aromatic nitrogens is 2. The van der Waals surface area contributed by atoms with Crippen LogP contribution < -0.4 is 4.74 Å². The van der Waals surface area contributed by atoms with Gasteiger partial charge in [0, 0.05) is 35.4 Å². The molecule has 0 aliphatic heterocycles. The van der Waals surface area contributed by atoms with E-state index >= 15 is 0 Å². The normalized spacial score (nSPS) is 10.8. The molecule has 0 unspecified atom stereocenters. The van der Waals surface area contributed by atoms with E-state index < -0.39 is 0 Å². The molecule has 0 N–H and O–H groups in total. The smallest absolute Gasteiger partial charge is 0.337 e. The fraction of sp³-hybridized carbons (Fsp3) is 0.130. The van der Waals surface area contributed by atoms with Crippen molar-refractivity contribution < 1.29 is 14.3 Å². The van der Waals surface area contributed by atoms with E-state index in [2.05, 4.69) is 21.7 Å². The number of esters is 1. The molecule has 28 heavy (non-hydrogen) atoms. The van der Waals surface area contributed by atoms with Crippen LogP contribution in [0.2, 0.25) is 0 Å². The van der Waals surface area contributed by atoms with Gasteiger partial charge in [-0.2, -0.15) is 0 Å². The molecule has 0 saturated heterocycles. The number of pyridine rings is 1. The van der Waals surface area contributed by atoms with Gasteiger partial charge in [0.2, 0.25) is 0 Å². The van der Waals surface area contributed by atoms with Crippen molar-refractivity contribution in [1.82, 2.24) is 9.55 Å². The van der Waals surface area contributed by atoms with Crippen LogP contribution in [0, 0.1) is 0 Å². The molecule has 4 rings (SSSR count). The Morgan fingerprint density at radius 1 is 1.04 bits per heavy atom. The predicted molar refractivity (Wildman–Crippen MR) is 109 cm³/mol. The summed E-state index contributed by atoms with van der Waals surface area (Å²) in [5.41, 5.74) is 4.73. The maximum absolute atomic E-state index is 11.9. The number of methoxy groups -OCH3 is 2. The highest BCUT2D eigenvalue weighted by molar-refractivity contribution is 5.90. The Kier molecular flexibility index (Phi) is 4.81. The van der Waals surface area contributed by atoms with Crippen LogP contribution in [-0.2, 0) is 11.3 Å². The molecule has 2 aromatic carbocycles. The molecular weight excluding hydrogens is 352 g/mol. The minimum atomic E-state index is -0.337. The van der Waals surface area contributed by atoms with Gasteiger partial charge >= 0.3 is 5.97 Å². The van der Waals surface area contributed by atoms with Gasteiger partial charge in [-0.1, -0.05) is 12.1 Å². The first-order valence-electron chi connectivity index (χ1n) is 8.94. The summed E-state index contributed by atoms with van der Waals surface area (Å²) in [4.78, 5) is 16.2. The van der Waals surface area contributed by atoms with Gasteiger partial charge < -0.3 is 14.0 Å². The molecular formula is C23H20N2O3. The molecule has 0 saturated carbocycles. The monoisotopic (exact) mass is 372 g/mol. The first-order chi connectivity index (χ1) is 13.7. The van der Waals surface area contributed by atoms with Crippen molar-refractivity contribution in [3.63, 3.8) is 0 Å². The van der Waals surface area contributed by atoms with E-state index in [0.717, 1.165) is 33.5 Å². The molecule has 5 nitrogen and oxygen atoms in total. The minimum absolute atomic E-state index is 0.337. The highest BCUT2D eigenvalue weighted by Crippen LogP contribution is 2.31. The number of fused-ring (bicyclic) bond motifs is 1. The SMILES string of the molecule is COC(=O)c1cccc(Cn2c(-c3cccnc3)cc3cc(OC)ccc32)c1. The number of rotatable bonds is 5. The van der Waals surface area contributed by atoms with Crippen molar-refractivity contribution in [1.29, 1.82) is 0 Å². The molecule has 0 bridgehead atoms. The Labute approximate surface area is 163 Å². The van der Waals surface area contributed by atoms with Gasteiger partial charge in [-0.05, 0) is 54.1 Å². The zero-order valence-electron chi connectivity index (χ0n) is 15.8. The summed E-state index contributed by atoms with van der Waals surface area (Å²) in [6.45, 7) is 0.616. The zero-order chi connectivity index (χ0) is 19.5. The molecule has 0 atom stereocenters. The van der Waals surface area contributed by atoms with Crippen molar-refractivity contribution in [3.8, 4) is 17.0 Å². The van der Waals surface area contributed by atoms with Gasteiger partial charge in [-0.25, -0.2) is 4.79 Å². The van der Waals surface area contributed by atoms with E-state index in [1.165, 1.54) is 7.11 Å². The van der Waals surface area contributed by atoms with Crippen molar-refractivity contribution in [2.75, 3.05) is 14.2 Å². The van der Waals surface area contributed by atoms with Crippen molar-refractivity contribution in [2.45, 2.75) is 6.54 Å². The third kappa shape index (κ3) is 3.34. The molecule has 0 fully saturated rings. The summed E-state index contributed by atoms with van der Waals surface area (Å²) in [5, 5.41) is 1.09. The zero-order valence-corrected chi connectivity index (χ0v) is 15.8. The van der Waals surface area contributed by atoms with Gasteiger partial charge in [0.05, 0.1) is 25.5 Å². The predicted octanol–water partition coefficient (Wildman–Crippen LogP) is 4.55. The number of ether oxygens (including phenoxy) is 2. The van der Waals surface area contributed by atoms with E-state index in [1.807, 2.05) is 48.7 Å². The van der Waals surface area contributed by atoms with E-state index in [9.17, 15) is 4.79 Å². The summed E-state index contributed by atoms with van der Waals surface area (Å²) < 4.78 is 12.4. The van der Waals surface area contributed by atoms with Crippen LogP contribution in [0.3, 0.4) is 0 Å². The maximum atomic E-state index is 11.9. The second-order valence-corrected chi connectivity index (χ2v) is 6.47. The average Bonchev–Trinajstić information content (AvgIpc) is 3.11. The summed E-state index contributed by atoms with van der Waals surface area (Å²) in [6, 6.07) is 19.7. The molecule has 140 valence electrons. The Balaban J connectivity index is 1.84. The van der Waals surface area contributed by atoms with Crippen LogP contribution in [0.15, 0.2) is 73.1 Å². The van der Waals surface area contributed by atoms with Crippen molar-refractivity contribution in [2.24, 2.45) is 0 Å². The third-order valence-corrected chi connectivity index (χ3v) is 4.75. The van der Waals surface area contributed by atoms with Crippen LogP contribution in [0.1, 0.15) is 15.9 Å². The second kappa shape index (κ2) is 7.56. The Hall–Kier alpha value is -3.60. The molecule has 2 heterocycles. The number of carbonyl (C=O) groups excluding carboxylic acids is 1. The minimum Gasteiger partial charge on any atom is -0.497 e. The lowest BCUT2D eigenvalue weighted by Crippen LogP contribution is -2.05. The summed E-state index contributed by atoms with van der Waals surface area (Å²) in [6.07, 6.45) is 3.62. The van der Waals surface area contributed by atoms with Gasteiger partial charge in [0.15, 0.2) is 0 Å². The lowest BCUT2D eigenvalue weighted by molar-refractivity contribution is 0.0600. The molecule has 4 aromatic rings. The van der Waals surface area contributed by atoms with E-state index in [-0.39, 0.29) is 5.97 Å². The Bertz CT molecular complexity index is 1130. The van der Waals surface area contributed by atoms with Crippen LogP contribution in [0.4, 0.5) is 0 Å². The largest absolute Gasteiger partial charge is 0.497 e. The van der Waals surface area contributed by atoms with Crippen molar-refractivity contribution >= 4 is 16.9 Å². The maximum Gasteiger partial charge on any atom is 0.337 e. The van der Waals surface area contributed by atoms with E-state index in [1.54, 1.807) is 19.4 Å². The van der Waals surface area contributed by atoms with Gasteiger partial charge in [-0.3, -0.25) is 4.98 Å². The highest BCUT2D eigenvalue weighted by atomic mass is 16.5. The number of benzene rings is 2. The Morgan fingerprint density at radius 2 is 1.93 bits per heavy atom. The molecule has 0 amide bonds. The lowest BCUT2D eigenvalue weighted by atomic mass is 10.1. The third-order valence-electron chi connectivity index (χ3n) is 4.75. The highest BCUT2D eigenvalue weighted by Gasteiger charge is 2.13. The fourth-order valence-electron chi connectivity index (χ4n) is 3.40. The van der Waals surface area contributed by atoms with Crippen LogP contribution in [-0.4, -0.2) is 29.7 Å². The second-order valence-electron chi connectivity index (χ2n) is 6.47. The molecule has 5 heteroatoms. The van der Waals surface area contributed by atoms with E-state index in [4.69, 9.17) is 9.47 Å². The molecule has 0 aliphatic rings. The van der Waals surface area contributed by atoms with Gasteiger partial charge in [0.25, 0.3) is 0 Å². The number of carbonyl (C=O) groups is 1. The van der Waals surface area contributed by atoms with Crippen molar-refractivity contribution in [3.05, 3.63) is 84.2 Å². The standard InChI is InChI=1S/C23H20N2O3/c1-27-20-8-9-21-19(12-20)13-22(18-7-4-10-24-14-18)25(21)15-16-5-3-6-17(11-16)23(26)28-2/h3-14H,15H2,1-2H3. The fourth-order valence-corrected chi connectivity index (χ4v) is 3.40. The number of nitrogens with zero attached hydrogens (tertiary/aromatic N) is 2. The first kappa shape index (κ1) is 17.8. The summed E-state index contributed by atoms with van der Waals surface area (Å²) in [7, 11) is 3.06. The average molecular weight is 372 g/mol. The topological polar surface area (TPSA) is 53.4 Å². The summed E-state index contributed by atoms with van der Waals surface area (Å²) >= 11 is 0. The quantitative estimate of drug-likeness (QED) is 0.483. The number of hydrogen-bond acceptors (Lipinski definition) is 4. The number of hydrogen-bond donors (Lipinski definition) is 0. The van der Waals surface area contributed by atoms with Crippen LogP contribution in [0.5, 0.6) is 5.75 Å². The van der Waals surface area contributed by atoms with Gasteiger partial charge in [0.1, 0.15) is 5.75 Å². The summed E-state index contributed by atoms with van der Waals surface area (Å²) in [5.74, 6) is 0.478. The van der Waals surface area contributed by atoms with Crippen LogP contribution >= 0.6 is 0 Å². The van der Waals surface area contributed by atoms with Gasteiger partial charge in [-0.15, -0.1) is 0 Å². The first-order valence-corrected chi connectivity index (χ1v) is 8.94. The lowest BCUT2D eigenvalue weighted by Gasteiger charge is -2.12. The Morgan fingerprint density at radius 3 is 2.68 bits per heavy atom. The molecule has 0 spiro atoms. The van der Waals surface area contributed by atoms with E-state index in [0.29, 0.717) is 12.1 Å². The molecule has 0 aliphatic carbocycles.